The predicted molar refractivity (Wildman–Crippen MR) is 55.8 cm³/mol. The number of hydrogen-bond acceptors (Lipinski definition) is 1. The third-order valence-corrected chi connectivity index (χ3v) is 2.99. The molecule has 1 saturated carbocycles. The van der Waals surface area contributed by atoms with E-state index in [-0.39, 0.29) is 26.8 Å². The third-order valence-electron chi connectivity index (χ3n) is 2.48. The van der Waals surface area contributed by atoms with E-state index in [1.807, 2.05) is 13.8 Å². The minimum Gasteiger partial charge on any atom is -0.502 e. The molecule has 2 unspecified atom stereocenters. The van der Waals surface area contributed by atoms with Crippen LogP contribution in [0.4, 0.5) is 0 Å². The van der Waals surface area contributed by atoms with Crippen molar-refractivity contribution >= 4 is 40.5 Å². The van der Waals surface area contributed by atoms with Crippen LogP contribution in [0.3, 0.4) is 0 Å². The number of thiocarbonyl (C=S) groups is 1. The fourth-order valence-corrected chi connectivity index (χ4v) is 2.32. The Labute approximate surface area is 87.4 Å². The number of aliphatic hydroxyl groups excluding tert-OH is 1. The van der Waals surface area contributed by atoms with E-state index in [1.165, 1.54) is 0 Å². The van der Waals surface area contributed by atoms with Gasteiger partial charge in [-0.05, 0) is 29.6 Å². The van der Waals surface area contributed by atoms with Gasteiger partial charge in [0.15, 0.2) is 5.05 Å². The van der Waals surface area contributed by atoms with Crippen LogP contribution in [0.2, 0.25) is 0 Å². The summed E-state index contributed by atoms with van der Waals surface area (Å²) >= 11 is 15.7. The molecule has 1 N–H and O–H groups in total. The van der Waals surface area contributed by atoms with Crippen LogP contribution >= 0.6 is 35.4 Å². The molecule has 1 fully saturated rings. The van der Waals surface area contributed by atoms with Gasteiger partial charge < -0.3 is 5.11 Å². The lowest BCUT2D eigenvalue weighted by atomic mass is 10.1. The van der Waals surface area contributed by atoms with Crippen molar-refractivity contribution < 1.29 is 5.11 Å². The van der Waals surface area contributed by atoms with E-state index in [1.54, 1.807) is 6.08 Å². The van der Waals surface area contributed by atoms with Gasteiger partial charge in [0, 0.05) is 5.92 Å². The Morgan fingerprint density at radius 3 is 2.25 bits per heavy atom. The average Bonchev–Trinajstić information content (AvgIpc) is 2.32. The van der Waals surface area contributed by atoms with Gasteiger partial charge in [-0.15, -0.1) is 0 Å². The molecule has 0 saturated heterocycles. The van der Waals surface area contributed by atoms with Crippen LogP contribution in [-0.4, -0.2) is 10.2 Å². The van der Waals surface area contributed by atoms with Crippen molar-refractivity contribution in [3.8, 4) is 0 Å². The first-order chi connectivity index (χ1) is 5.37. The molecule has 1 aliphatic rings. The Morgan fingerprint density at radius 2 is 2.00 bits per heavy atom. The van der Waals surface area contributed by atoms with Crippen LogP contribution in [0.15, 0.2) is 10.6 Å². The first-order valence-electron chi connectivity index (χ1n) is 3.63. The second-order valence-electron chi connectivity index (χ2n) is 3.62. The zero-order chi connectivity index (χ0) is 9.52. The fraction of sp³-hybridized carbons (Fsp3) is 0.625. The molecule has 0 bridgehead atoms. The van der Waals surface area contributed by atoms with Gasteiger partial charge in [-0.3, -0.25) is 0 Å². The minimum atomic E-state index is 0.000856. The molecule has 12 heavy (non-hydrogen) atoms. The van der Waals surface area contributed by atoms with Crippen LogP contribution in [0.25, 0.3) is 0 Å². The lowest BCUT2D eigenvalue weighted by Gasteiger charge is -1.97. The fourth-order valence-electron chi connectivity index (χ4n) is 1.60. The van der Waals surface area contributed by atoms with E-state index < -0.39 is 0 Å². The Balaban J connectivity index is 2.73. The topological polar surface area (TPSA) is 20.2 Å². The molecule has 1 nitrogen and oxygen atoms in total. The SMILES string of the molecule is CC1(C)C(C=C(Cl)Cl)C1C(O)=S. The highest BCUT2D eigenvalue weighted by Crippen LogP contribution is 2.59. The first kappa shape index (κ1) is 10.3. The minimum absolute atomic E-state index is 0.000856. The highest BCUT2D eigenvalue weighted by atomic mass is 35.5. The summed E-state index contributed by atoms with van der Waals surface area (Å²) in [4.78, 5) is 0. The van der Waals surface area contributed by atoms with Crippen molar-refractivity contribution in [1.29, 1.82) is 0 Å². The maximum absolute atomic E-state index is 9.13. The summed E-state index contributed by atoms with van der Waals surface area (Å²) in [5, 5.41) is 9.18. The number of rotatable bonds is 2. The zero-order valence-corrected chi connectivity index (χ0v) is 9.17. The van der Waals surface area contributed by atoms with Crippen molar-refractivity contribution in [3.63, 3.8) is 0 Å². The number of aliphatic hydroxyl groups is 1. The highest BCUT2D eigenvalue weighted by Gasteiger charge is 2.59. The quantitative estimate of drug-likeness (QED) is 0.726. The molecule has 4 heteroatoms. The predicted octanol–water partition coefficient (Wildman–Crippen LogP) is 3.46. The summed E-state index contributed by atoms with van der Waals surface area (Å²) in [6.45, 7) is 4.05. The number of halogens is 2. The summed E-state index contributed by atoms with van der Waals surface area (Å²) in [5.41, 5.74) is 0.000856. The van der Waals surface area contributed by atoms with Gasteiger partial charge in [-0.1, -0.05) is 37.0 Å². The van der Waals surface area contributed by atoms with Gasteiger partial charge in [0.25, 0.3) is 0 Å². The smallest absolute Gasteiger partial charge is 0.160 e. The van der Waals surface area contributed by atoms with Crippen molar-refractivity contribution in [3.05, 3.63) is 10.6 Å². The van der Waals surface area contributed by atoms with Crippen LogP contribution in [0.1, 0.15) is 13.8 Å². The van der Waals surface area contributed by atoms with Gasteiger partial charge in [0.1, 0.15) is 4.49 Å². The first-order valence-corrected chi connectivity index (χ1v) is 4.79. The molecular weight excluding hydrogens is 215 g/mol. The van der Waals surface area contributed by atoms with Crippen LogP contribution in [0, 0.1) is 17.3 Å². The second-order valence-corrected chi connectivity index (χ2v) is 5.05. The second kappa shape index (κ2) is 3.17. The van der Waals surface area contributed by atoms with Crippen molar-refractivity contribution in [1.82, 2.24) is 0 Å². The Kier molecular flexibility index (Phi) is 2.72. The Morgan fingerprint density at radius 1 is 1.50 bits per heavy atom. The van der Waals surface area contributed by atoms with Gasteiger partial charge >= 0.3 is 0 Å². The number of allylic oxidation sites excluding steroid dienone is 1. The van der Waals surface area contributed by atoms with Crippen molar-refractivity contribution in [2.24, 2.45) is 17.3 Å². The van der Waals surface area contributed by atoms with Crippen molar-refractivity contribution in [2.75, 3.05) is 0 Å². The van der Waals surface area contributed by atoms with E-state index >= 15 is 0 Å². The van der Waals surface area contributed by atoms with Gasteiger partial charge in [0.05, 0.1) is 0 Å². The molecule has 1 aliphatic carbocycles. The normalized spacial score (nSPS) is 31.0. The highest BCUT2D eigenvalue weighted by molar-refractivity contribution is 7.80. The maximum atomic E-state index is 9.13. The lowest BCUT2D eigenvalue weighted by Crippen LogP contribution is -2.00. The molecule has 1 rings (SSSR count). The summed E-state index contributed by atoms with van der Waals surface area (Å²) in [7, 11) is 0. The van der Waals surface area contributed by atoms with Crippen LogP contribution in [0.5, 0.6) is 0 Å². The average molecular weight is 225 g/mol. The Hall–Kier alpha value is 0.210. The molecule has 68 valence electrons. The molecule has 0 amide bonds. The molecule has 0 heterocycles. The molecule has 0 aromatic rings. The molecule has 0 aliphatic heterocycles. The molecule has 0 spiro atoms. The van der Waals surface area contributed by atoms with E-state index in [9.17, 15) is 0 Å². The van der Waals surface area contributed by atoms with Crippen molar-refractivity contribution in [2.45, 2.75) is 13.8 Å². The maximum Gasteiger partial charge on any atom is 0.160 e. The molecule has 0 aromatic carbocycles. The van der Waals surface area contributed by atoms with Gasteiger partial charge in [0.2, 0.25) is 0 Å². The van der Waals surface area contributed by atoms with E-state index in [0.29, 0.717) is 0 Å². The van der Waals surface area contributed by atoms with E-state index in [0.717, 1.165) is 0 Å². The molecule has 0 aromatic heterocycles. The van der Waals surface area contributed by atoms with Crippen LogP contribution in [-0.2, 0) is 0 Å². The van der Waals surface area contributed by atoms with Gasteiger partial charge in [-0.2, -0.15) is 0 Å². The van der Waals surface area contributed by atoms with E-state index in [2.05, 4.69) is 0 Å². The number of hydrogen-bond donors (Lipinski definition) is 1. The summed E-state index contributed by atoms with van der Waals surface area (Å²) in [5.74, 6) is 0.208. The Bertz CT molecular complexity index is 243. The zero-order valence-electron chi connectivity index (χ0n) is 6.84. The summed E-state index contributed by atoms with van der Waals surface area (Å²) in [6, 6.07) is 0. The molecular formula is C8H10Cl2OS. The standard InChI is InChI=1S/C8H10Cl2OS/c1-8(2)4(3-5(9)10)6(8)7(11)12/h3-4,6H,1-2H3,(H,11,12). The summed E-state index contributed by atoms with van der Waals surface area (Å²) in [6.07, 6.45) is 1.73. The third kappa shape index (κ3) is 1.76. The largest absolute Gasteiger partial charge is 0.502 e. The molecule has 2 atom stereocenters. The van der Waals surface area contributed by atoms with E-state index in [4.69, 9.17) is 40.5 Å². The lowest BCUT2D eigenvalue weighted by molar-refractivity contribution is 0.512. The van der Waals surface area contributed by atoms with Crippen LogP contribution < -0.4 is 0 Å². The molecule has 0 radical (unpaired) electrons. The summed E-state index contributed by atoms with van der Waals surface area (Å²) < 4.78 is 0.242. The monoisotopic (exact) mass is 224 g/mol. The van der Waals surface area contributed by atoms with Gasteiger partial charge in [-0.25, -0.2) is 0 Å².